The van der Waals surface area contributed by atoms with Crippen LogP contribution in [0.2, 0.25) is 0 Å². The average Bonchev–Trinajstić information content (AvgIpc) is 3.02. The summed E-state index contributed by atoms with van der Waals surface area (Å²) in [6, 6.07) is 5.50. The molecule has 1 saturated heterocycles. The first-order chi connectivity index (χ1) is 9.67. The van der Waals surface area contributed by atoms with Crippen molar-refractivity contribution in [1.82, 2.24) is 10.2 Å². The molecule has 5 nitrogen and oxygen atoms in total. The normalized spacial score (nSPS) is 20.9. The van der Waals surface area contributed by atoms with Gasteiger partial charge in [0, 0.05) is 24.3 Å². The molecule has 3 rings (SSSR count). The van der Waals surface area contributed by atoms with Crippen LogP contribution in [0.4, 0.5) is 5.69 Å². The molecule has 0 bridgehead atoms. The van der Waals surface area contributed by atoms with Crippen LogP contribution >= 0.6 is 0 Å². The molecule has 0 spiro atoms. The maximum Gasteiger partial charge on any atom is 0.253 e. The third-order valence-electron chi connectivity index (χ3n) is 4.05. The van der Waals surface area contributed by atoms with Crippen molar-refractivity contribution in [1.29, 1.82) is 0 Å². The first-order valence-corrected chi connectivity index (χ1v) is 7.04. The summed E-state index contributed by atoms with van der Waals surface area (Å²) in [7, 11) is 1.94. The van der Waals surface area contributed by atoms with E-state index in [9.17, 15) is 9.59 Å². The highest BCUT2D eigenvalue weighted by atomic mass is 16.2. The molecule has 106 valence electrons. The van der Waals surface area contributed by atoms with Crippen molar-refractivity contribution in [3.8, 4) is 0 Å². The van der Waals surface area contributed by atoms with Crippen molar-refractivity contribution in [2.24, 2.45) is 5.92 Å². The van der Waals surface area contributed by atoms with Crippen LogP contribution in [0.5, 0.6) is 0 Å². The van der Waals surface area contributed by atoms with Crippen LogP contribution in [0, 0.1) is 5.92 Å². The molecule has 2 N–H and O–H groups in total. The second-order valence-corrected chi connectivity index (χ2v) is 5.56. The Morgan fingerprint density at radius 1 is 1.50 bits per heavy atom. The van der Waals surface area contributed by atoms with Gasteiger partial charge in [0.25, 0.3) is 5.91 Å². The molecule has 2 aliphatic rings. The van der Waals surface area contributed by atoms with Crippen LogP contribution < -0.4 is 10.6 Å². The zero-order valence-electron chi connectivity index (χ0n) is 11.6. The molecule has 1 unspecified atom stereocenters. The lowest BCUT2D eigenvalue weighted by molar-refractivity contribution is -0.115. The third-order valence-corrected chi connectivity index (χ3v) is 4.05. The molecule has 2 heterocycles. The fourth-order valence-corrected chi connectivity index (χ4v) is 3.00. The lowest BCUT2D eigenvalue weighted by Crippen LogP contribution is -2.30. The first kappa shape index (κ1) is 13.1. The fraction of sp³-hybridized carbons (Fsp3) is 0.467. The number of carbonyl (C=O) groups excluding carboxylic acids is 2. The van der Waals surface area contributed by atoms with E-state index in [1.807, 2.05) is 24.1 Å². The van der Waals surface area contributed by atoms with E-state index in [4.69, 9.17) is 0 Å². The summed E-state index contributed by atoms with van der Waals surface area (Å²) in [4.78, 5) is 25.7. The van der Waals surface area contributed by atoms with Gasteiger partial charge in [0.2, 0.25) is 5.91 Å². The molecule has 0 aliphatic carbocycles. The summed E-state index contributed by atoms with van der Waals surface area (Å²) in [6.07, 6.45) is 1.46. The standard InChI is InChI=1S/C15H19N3O2/c1-16-8-10-4-5-18(9-10)15(20)12-3-2-11-7-14(19)17-13(11)6-12/h2-3,6,10,16H,4-5,7-9H2,1H3,(H,17,19). The number of fused-ring (bicyclic) bond motifs is 1. The number of hydrogen-bond acceptors (Lipinski definition) is 3. The molecule has 0 radical (unpaired) electrons. The minimum absolute atomic E-state index is 0.000134. The predicted molar refractivity (Wildman–Crippen MR) is 76.7 cm³/mol. The number of nitrogens with one attached hydrogen (secondary N) is 2. The lowest BCUT2D eigenvalue weighted by Gasteiger charge is -2.17. The van der Waals surface area contributed by atoms with Crippen molar-refractivity contribution in [3.63, 3.8) is 0 Å². The van der Waals surface area contributed by atoms with Crippen LogP contribution in [0.15, 0.2) is 18.2 Å². The molecule has 20 heavy (non-hydrogen) atoms. The Morgan fingerprint density at radius 3 is 3.15 bits per heavy atom. The van der Waals surface area contributed by atoms with E-state index < -0.39 is 0 Å². The Balaban J connectivity index is 1.72. The molecule has 1 fully saturated rings. The maximum absolute atomic E-state index is 12.5. The molecule has 2 amide bonds. The number of carbonyl (C=O) groups is 2. The molecule has 0 saturated carbocycles. The second-order valence-electron chi connectivity index (χ2n) is 5.56. The van der Waals surface area contributed by atoms with Crippen LogP contribution in [0.25, 0.3) is 0 Å². The molecule has 1 aromatic rings. The molecular formula is C15H19N3O2. The summed E-state index contributed by atoms with van der Waals surface area (Å²) in [5.41, 5.74) is 2.42. The number of likely N-dealkylation sites (tertiary alicyclic amines) is 1. The average molecular weight is 273 g/mol. The topological polar surface area (TPSA) is 61.4 Å². The monoisotopic (exact) mass is 273 g/mol. The number of rotatable bonds is 3. The van der Waals surface area contributed by atoms with E-state index in [1.54, 1.807) is 6.07 Å². The van der Waals surface area contributed by atoms with E-state index in [0.29, 0.717) is 17.9 Å². The zero-order chi connectivity index (χ0) is 14.1. The van der Waals surface area contributed by atoms with Crippen molar-refractivity contribution in [2.45, 2.75) is 12.8 Å². The van der Waals surface area contributed by atoms with Crippen molar-refractivity contribution >= 4 is 17.5 Å². The lowest BCUT2D eigenvalue weighted by atomic mass is 10.1. The number of benzene rings is 1. The quantitative estimate of drug-likeness (QED) is 0.859. The fourth-order valence-electron chi connectivity index (χ4n) is 3.00. The summed E-state index contributed by atoms with van der Waals surface area (Å²) in [5.74, 6) is 0.602. The Labute approximate surface area is 118 Å². The minimum atomic E-state index is -0.000134. The SMILES string of the molecule is CNCC1CCN(C(=O)c2ccc3c(c2)NC(=O)C3)C1. The molecule has 2 aliphatic heterocycles. The largest absolute Gasteiger partial charge is 0.338 e. The van der Waals surface area contributed by atoms with Crippen molar-refractivity contribution in [3.05, 3.63) is 29.3 Å². The van der Waals surface area contributed by atoms with Gasteiger partial charge in [-0.25, -0.2) is 0 Å². The van der Waals surface area contributed by atoms with Crippen molar-refractivity contribution in [2.75, 3.05) is 32.0 Å². The van der Waals surface area contributed by atoms with Gasteiger partial charge in [0.05, 0.1) is 6.42 Å². The van der Waals surface area contributed by atoms with E-state index >= 15 is 0 Å². The molecule has 1 aromatic carbocycles. The molecular weight excluding hydrogens is 254 g/mol. The van der Waals surface area contributed by atoms with Gasteiger partial charge >= 0.3 is 0 Å². The van der Waals surface area contributed by atoms with Crippen LogP contribution in [-0.2, 0) is 11.2 Å². The summed E-state index contributed by atoms with van der Waals surface area (Å²) >= 11 is 0. The summed E-state index contributed by atoms with van der Waals surface area (Å²) in [6.45, 7) is 2.57. The molecule has 1 atom stereocenters. The van der Waals surface area contributed by atoms with E-state index in [2.05, 4.69) is 10.6 Å². The van der Waals surface area contributed by atoms with Gasteiger partial charge in [-0.3, -0.25) is 9.59 Å². The highest BCUT2D eigenvalue weighted by molar-refractivity contribution is 6.02. The zero-order valence-corrected chi connectivity index (χ0v) is 11.6. The summed E-state index contributed by atoms with van der Waals surface area (Å²) in [5, 5.41) is 5.95. The van der Waals surface area contributed by atoms with Crippen LogP contribution in [0.3, 0.4) is 0 Å². The van der Waals surface area contributed by atoms with Gasteiger partial charge in [-0.05, 0) is 43.6 Å². The Morgan fingerprint density at radius 2 is 2.35 bits per heavy atom. The molecule has 5 heteroatoms. The van der Waals surface area contributed by atoms with Crippen LogP contribution in [-0.4, -0.2) is 43.4 Å². The highest BCUT2D eigenvalue weighted by Crippen LogP contribution is 2.26. The predicted octanol–water partition coefficient (Wildman–Crippen LogP) is 0.863. The summed E-state index contributed by atoms with van der Waals surface area (Å²) < 4.78 is 0. The Bertz CT molecular complexity index is 556. The second kappa shape index (κ2) is 5.25. The number of amides is 2. The Kier molecular flexibility index (Phi) is 3.44. The number of anilines is 1. The Hall–Kier alpha value is -1.88. The van der Waals surface area contributed by atoms with Gasteiger partial charge in [-0.1, -0.05) is 6.07 Å². The maximum atomic E-state index is 12.5. The van der Waals surface area contributed by atoms with Crippen molar-refractivity contribution < 1.29 is 9.59 Å². The van der Waals surface area contributed by atoms with E-state index in [0.717, 1.165) is 37.3 Å². The van der Waals surface area contributed by atoms with Gasteiger partial charge < -0.3 is 15.5 Å². The molecule has 0 aromatic heterocycles. The van der Waals surface area contributed by atoms with Gasteiger partial charge in [0.15, 0.2) is 0 Å². The van der Waals surface area contributed by atoms with E-state index in [-0.39, 0.29) is 11.8 Å². The van der Waals surface area contributed by atoms with Gasteiger partial charge in [0.1, 0.15) is 0 Å². The van der Waals surface area contributed by atoms with Gasteiger partial charge in [-0.15, -0.1) is 0 Å². The van der Waals surface area contributed by atoms with Gasteiger partial charge in [-0.2, -0.15) is 0 Å². The highest BCUT2D eigenvalue weighted by Gasteiger charge is 2.27. The number of hydrogen-bond donors (Lipinski definition) is 2. The van der Waals surface area contributed by atoms with Crippen LogP contribution in [0.1, 0.15) is 22.3 Å². The minimum Gasteiger partial charge on any atom is -0.338 e. The van der Waals surface area contributed by atoms with E-state index in [1.165, 1.54) is 0 Å². The number of nitrogens with zero attached hydrogens (tertiary/aromatic N) is 1. The smallest absolute Gasteiger partial charge is 0.253 e. The first-order valence-electron chi connectivity index (χ1n) is 7.04. The third kappa shape index (κ3) is 2.41.